The van der Waals surface area contributed by atoms with E-state index >= 15 is 0 Å². The summed E-state index contributed by atoms with van der Waals surface area (Å²) in [6, 6.07) is 29.7. The summed E-state index contributed by atoms with van der Waals surface area (Å²) in [5, 5.41) is 3.16. The van der Waals surface area contributed by atoms with Gasteiger partial charge in [0, 0.05) is 19.0 Å². The molecule has 160 valence electrons. The summed E-state index contributed by atoms with van der Waals surface area (Å²) in [4.78, 5) is 15.1. The fraction of sp³-hybridized carbons (Fsp3) is 0.321. The molecule has 0 bridgehead atoms. The van der Waals surface area contributed by atoms with Crippen LogP contribution in [0.2, 0.25) is 0 Å². The Balaban J connectivity index is 1.15. The highest BCUT2D eigenvalue weighted by Crippen LogP contribution is 2.20. The number of piperidine rings is 1. The normalized spacial score (nSPS) is 15.0. The van der Waals surface area contributed by atoms with Crippen molar-refractivity contribution in [3.63, 3.8) is 0 Å². The molecule has 0 unspecified atom stereocenters. The Kier molecular flexibility index (Phi) is 7.51. The fourth-order valence-corrected chi connectivity index (χ4v) is 4.32. The molecule has 0 radical (unpaired) electrons. The molecular formula is C28H32N2O. The number of likely N-dealkylation sites (tertiary alicyclic amines) is 1. The number of hydrogen-bond donors (Lipinski definition) is 1. The second-order valence-electron chi connectivity index (χ2n) is 8.46. The molecule has 3 aromatic rings. The van der Waals surface area contributed by atoms with Crippen molar-refractivity contribution in [2.24, 2.45) is 5.92 Å². The molecule has 3 heteroatoms. The lowest BCUT2D eigenvalue weighted by atomic mass is 9.95. The summed E-state index contributed by atoms with van der Waals surface area (Å²) < 4.78 is 0. The van der Waals surface area contributed by atoms with E-state index in [2.05, 4.69) is 89.1 Å². The Hall–Kier alpha value is -2.91. The van der Waals surface area contributed by atoms with Crippen molar-refractivity contribution in [3.05, 3.63) is 96.1 Å². The van der Waals surface area contributed by atoms with Gasteiger partial charge in [0.2, 0.25) is 5.91 Å². The lowest BCUT2D eigenvalue weighted by Crippen LogP contribution is -2.41. The summed E-state index contributed by atoms with van der Waals surface area (Å²) in [5.41, 5.74) is 5.11. The summed E-state index contributed by atoms with van der Waals surface area (Å²) in [6.45, 7) is 3.83. The van der Waals surface area contributed by atoms with E-state index in [0.29, 0.717) is 6.54 Å². The predicted molar refractivity (Wildman–Crippen MR) is 128 cm³/mol. The van der Waals surface area contributed by atoms with Crippen LogP contribution >= 0.6 is 0 Å². The largest absolute Gasteiger partial charge is 0.356 e. The number of benzene rings is 3. The van der Waals surface area contributed by atoms with Crippen LogP contribution in [0.3, 0.4) is 0 Å². The third-order valence-corrected chi connectivity index (χ3v) is 6.29. The van der Waals surface area contributed by atoms with Gasteiger partial charge >= 0.3 is 0 Å². The molecule has 0 aromatic heterocycles. The molecule has 4 rings (SSSR count). The van der Waals surface area contributed by atoms with E-state index < -0.39 is 0 Å². The number of nitrogens with one attached hydrogen (secondary N) is 1. The topological polar surface area (TPSA) is 32.3 Å². The molecule has 0 atom stereocenters. The van der Waals surface area contributed by atoms with Crippen molar-refractivity contribution < 1.29 is 4.79 Å². The van der Waals surface area contributed by atoms with Crippen LogP contribution in [0.5, 0.6) is 0 Å². The molecule has 1 heterocycles. The van der Waals surface area contributed by atoms with E-state index in [-0.39, 0.29) is 11.8 Å². The standard InChI is InChI=1S/C28H32N2O/c31-28(27-17-21-30(22-18-27)20-16-23-7-3-1-4-8-23)29-19-15-24-11-13-26(14-12-24)25-9-5-2-6-10-25/h1-14,27H,15-22H2,(H,29,31). The first-order valence-electron chi connectivity index (χ1n) is 11.5. The first kappa shape index (κ1) is 21.3. The summed E-state index contributed by atoms with van der Waals surface area (Å²) in [5.74, 6) is 0.386. The number of amides is 1. The molecule has 31 heavy (non-hydrogen) atoms. The molecule has 0 aliphatic carbocycles. The van der Waals surface area contributed by atoms with Gasteiger partial charge in [0.1, 0.15) is 0 Å². The number of carbonyl (C=O) groups excluding carboxylic acids is 1. The lowest BCUT2D eigenvalue weighted by molar-refractivity contribution is -0.126. The van der Waals surface area contributed by atoms with Crippen molar-refractivity contribution in [1.82, 2.24) is 10.2 Å². The third-order valence-electron chi connectivity index (χ3n) is 6.29. The Morgan fingerprint density at radius 2 is 1.32 bits per heavy atom. The van der Waals surface area contributed by atoms with Gasteiger partial charge in [-0.3, -0.25) is 4.79 Å². The predicted octanol–water partition coefficient (Wildman–Crippen LogP) is 4.97. The highest BCUT2D eigenvalue weighted by Gasteiger charge is 2.24. The molecule has 0 saturated carbocycles. The number of nitrogens with zero attached hydrogens (tertiary/aromatic N) is 1. The molecule has 3 aromatic carbocycles. The van der Waals surface area contributed by atoms with Gasteiger partial charge in [0.05, 0.1) is 0 Å². The van der Waals surface area contributed by atoms with Crippen molar-refractivity contribution in [3.8, 4) is 11.1 Å². The zero-order valence-corrected chi connectivity index (χ0v) is 18.2. The minimum Gasteiger partial charge on any atom is -0.356 e. The summed E-state index contributed by atoms with van der Waals surface area (Å²) in [6.07, 6.45) is 3.89. The van der Waals surface area contributed by atoms with E-state index in [0.717, 1.165) is 45.3 Å². The van der Waals surface area contributed by atoms with Crippen LogP contribution in [0.4, 0.5) is 0 Å². The maximum atomic E-state index is 12.6. The third kappa shape index (κ3) is 6.28. The maximum absolute atomic E-state index is 12.6. The Morgan fingerprint density at radius 1 is 0.742 bits per heavy atom. The van der Waals surface area contributed by atoms with Gasteiger partial charge in [-0.25, -0.2) is 0 Å². The monoisotopic (exact) mass is 412 g/mol. The average molecular weight is 413 g/mol. The van der Waals surface area contributed by atoms with E-state index in [4.69, 9.17) is 0 Å². The van der Waals surface area contributed by atoms with Crippen LogP contribution in [0.15, 0.2) is 84.9 Å². The average Bonchev–Trinajstić information content (AvgIpc) is 2.85. The van der Waals surface area contributed by atoms with Gasteiger partial charge < -0.3 is 10.2 Å². The van der Waals surface area contributed by atoms with E-state index in [1.54, 1.807) is 0 Å². The van der Waals surface area contributed by atoms with Crippen LogP contribution in [0.25, 0.3) is 11.1 Å². The Morgan fingerprint density at radius 3 is 2.00 bits per heavy atom. The molecule has 0 spiro atoms. The van der Waals surface area contributed by atoms with E-state index in [1.807, 2.05) is 6.07 Å². The first-order valence-corrected chi connectivity index (χ1v) is 11.5. The molecule has 1 amide bonds. The minimum absolute atomic E-state index is 0.161. The van der Waals surface area contributed by atoms with Gasteiger partial charge in [-0.15, -0.1) is 0 Å². The SMILES string of the molecule is O=C(NCCc1ccc(-c2ccccc2)cc1)C1CCN(CCc2ccccc2)CC1. The molecule has 1 aliphatic rings. The Labute approximate surface area is 186 Å². The molecule has 1 aliphatic heterocycles. The van der Waals surface area contributed by atoms with Crippen molar-refractivity contribution >= 4 is 5.91 Å². The van der Waals surface area contributed by atoms with E-state index in [9.17, 15) is 4.79 Å². The van der Waals surface area contributed by atoms with Gasteiger partial charge in [-0.2, -0.15) is 0 Å². The second-order valence-corrected chi connectivity index (χ2v) is 8.46. The van der Waals surface area contributed by atoms with Crippen LogP contribution < -0.4 is 5.32 Å². The van der Waals surface area contributed by atoms with Crippen molar-refractivity contribution in [2.45, 2.75) is 25.7 Å². The highest BCUT2D eigenvalue weighted by atomic mass is 16.1. The Bertz CT molecular complexity index is 930. The fourth-order valence-electron chi connectivity index (χ4n) is 4.32. The van der Waals surface area contributed by atoms with Crippen LogP contribution in [-0.2, 0) is 17.6 Å². The summed E-state index contributed by atoms with van der Waals surface area (Å²) in [7, 11) is 0. The molecule has 1 fully saturated rings. The van der Waals surface area contributed by atoms with Gasteiger partial charge in [0.15, 0.2) is 0 Å². The first-order chi connectivity index (χ1) is 15.3. The van der Waals surface area contributed by atoms with Gasteiger partial charge in [0.25, 0.3) is 0 Å². The van der Waals surface area contributed by atoms with Gasteiger partial charge in [-0.05, 0) is 61.0 Å². The molecular weight excluding hydrogens is 380 g/mol. The number of rotatable bonds is 8. The molecule has 3 nitrogen and oxygen atoms in total. The van der Waals surface area contributed by atoms with Crippen LogP contribution in [0.1, 0.15) is 24.0 Å². The maximum Gasteiger partial charge on any atom is 0.223 e. The summed E-state index contributed by atoms with van der Waals surface area (Å²) >= 11 is 0. The number of carbonyl (C=O) groups is 1. The number of hydrogen-bond acceptors (Lipinski definition) is 2. The lowest BCUT2D eigenvalue weighted by Gasteiger charge is -2.31. The zero-order chi connectivity index (χ0) is 21.3. The quantitative estimate of drug-likeness (QED) is 0.567. The zero-order valence-electron chi connectivity index (χ0n) is 18.2. The smallest absolute Gasteiger partial charge is 0.223 e. The van der Waals surface area contributed by atoms with Gasteiger partial charge in [-0.1, -0.05) is 84.9 Å². The van der Waals surface area contributed by atoms with Crippen molar-refractivity contribution in [1.29, 1.82) is 0 Å². The molecule has 1 saturated heterocycles. The molecule has 1 N–H and O–H groups in total. The van der Waals surface area contributed by atoms with Crippen LogP contribution in [0, 0.1) is 5.92 Å². The van der Waals surface area contributed by atoms with Crippen LogP contribution in [-0.4, -0.2) is 37.0 Å². The second kappa shape index (κ2) is 10.9. The minimum atomic E-state index is 0.161. The highest BCUT2D eigenvalue weighted by molar-refractivity contribution is 5.78. The van der Waals surface area contributed by atoms with Crippen molar-refractivity contribution in [2.75, 3.05) is 26.2 Å². The van der Waals surface area contributed by atoms with E-state index in [1.165, 1.54) is 22.3 Å².